The van der Waals surface area contributed by atoms with Crippen molar-refractivity contribution in [2.45, 2.75) is 51.1 Å². The molecule has 2 aliphatic rings. The van der Waals surface area contributed by atoms with Crippen LogP contribution in [-0.4, -0.2) is 54.4 Å². The lowest BCUT2D eigenvalue weighted by molar-refractivity contribution is 0.0935. The number of amides is 1. The molecule has 1 aromatic rings. The highest BCUT2D eigenvalue weighted by molar-refractivity contribution is 7.91. The summed E-state index contributed by atoms with van der Waals surface area (Å²) in [4.78, 5) is 23.1. The Hall–Kier alpha value is -1.70. The number of aromatic nitrogens is 2. The average molecular weight is 352 g/mol. The van der Waals surface area contributed by atoms with Crippen LogP contribution < -0.4 is 10.2 Å². The van der Waals surface area contributed by atoms with Gasteiger partial charge in [0.2, 0.25) is 0 Å². The van der Waals surface area contributed by atoms with Gasteiger partial charge in [0, 0.05) is 18.6 Å². The fourth-order valence-electron chi connectivity index (χ4n) is 3.48. The van der Waals surface area contributed by atoms with E-state index in [0.29, 0.717) is 12.5 Å². The van der Waals surface area contributed by atoms with Crippen molar-refractivity contribution >= 4 is 21.6 Å². The molecule has 2 atom stereocenters. The van der Waals surface area contributed by atoms with Gasteiger partial charge in [-0.05, 0) is 32.1 Å². The summed E-state index contributed by atoms with van der Waals surface area (Å²) in [5.74, 6) is 0.593. The lowest BCUT2D eigenvalue weighted by atomic mass is 10.0. The average Bonchev–Trinajstić information content (AvgIpc) is 2.93. The summed E-state index contributed by atoms with van der Waals surface area (Å²) in [5.41, 5.74) is 0.230. The number of hydrogen-bond donors (Lipinski definition) is 1. The molecule has 3 heterocycles. The predicted molar refractivity (Wildman–Crippen MR) is 91.8 cm³/mol. The lowest BCUT2D eigenvalue weighted by Crippen LogP contribution is -2.40. The third-order valence-electron chi connectivity index (χ3n) is 4.83. The minimum Gasteiger partial charge on any atom is -0.352 e. The predicted octanol–water partition coefficient (Wildman–Crippen LogP) is 1.16. The number of nitrogens with one attached hydrogen (secondary N) is 1. The molecule has 0 radical (unpaired) electrons. The summed E-state index contributed by atoms with van der Waals surface area (Å²) in [7, 11) is -3.01. The summed E-state index contributed by atoms with van der Waals surface area (Å²) in [5, 5.41) is 2.74. The zero-order valence-corrected chi connectivity index (χ0v) is 14.8. The van der Waals surface area contributed by atoms with Gasteiger partial charge in [-0.3, -0.25) is 4.79 Å². The second-order valence-corrected chi connectivity index (χ2v) is 8.81. The molecular formula is C16H24N4O3S. The SMILES string of the molecule is CCC1CCCCN1c1cnc(C(=O)NC2CCS(=O)(=O)C2)cn1. The summed E-state index contributed by atoms with van der Waals surface area (Å²) >= 11 is 0. The third kappa shape index (κ3) is 3.85. The van der Waals surface area contributed by atoms with Crippen molar-refractivity contribution in [1.82, 2.24) is 15.3 Å². The van der Waals surface area contributed by atoms with E-state index in [1.807, 2.05) is 0 Å². The molecule has 3 rings (SSSR count). The molecule has 0 spiro atoms. The van der Waals surface area contributed by atoms with E-state index < -0.39 is 9.84 Å². The standard InChI is InChI=1S/C16H24N4O3S/c1-2-13-5-3-4-7-20(13)15-10-17-14(9-18-15)16(21)19-12-6-8-24(22,23)11-12/h9-10,12-13H,2-8,11H2,1H3,(H,19,21). The van der Waals surface area contributed by atoms with Crippen molar-refractivity contribution in [3.05, 3.63) is 18.1 Å². The minimum absolute atomic E-state index is 0.0101. The molecule has 24 heavy (non-hydrogen) atoms. The molecule has 7 nitrogen and oxygen atoms in total. The minimum atomic E-state index is -3.01. The Balaban J connectivity index is 1.64. The van der Waals surface area contributed by atoms with Crippen molar-refractivity contribution in [3.8, 4) is 0 Å². The van der Waals surface area contributed by atoms with Crippen LogP contribution >= 0.6 is 0 Å². The maximum absolute atomic E-state index is 12.2. The second kappa shape index (κ2) is 7.04. The van der Waals surface area contributed by atoms with Crippen LogP contribution in [0.5, 0.6) is 0 Å². The van der Waals surface area contributed by atoms with Crippen LogP contribution in [0, 0.1) is 0 Å². The van der Waals surface area contributed by atoms with Crippen LogP contribution in [0.25, 0.3) is 0 Å². The van der Waals surface area contributed by atoms with E-state index in [-0.39, 0.29) is 29.1 Å². The van der Waals surface area contributed by atoms with E-state index in [2.05, 4.69) is 27.1 Å². The molecule has 0 saturated carbocycles. The number of anilines is 1. The lowest BCUT2D eigenvalue weighted by Gasteiger charge is -2.35. The Kier molecular flexibility index (Phi) is 5.03. The number of rotatable bonds is 4. The van der Waals surface area contributed by atoms with E-state index >= 15 is 0 Å². The van der Waals surface area contributed by atoms with Gasteiger partial charge in [0.1, 0.15) is 11.5 Å². The fourth-order valence-corrected chi connectivity index (χ4v) is 5.15. The van der Waals surface area contributed by atoms with Crippen LogP contribution in [-0.2, 0) is 9.84 Å². The quantitative estimate of drug-likeness (QED) is 0.874. The zero-order valence-electron chi connectivity index (χ0n) is 13.9. The maximum Gasteiger partial charge on any atom is 0.271 e. The summed E-state index contributed by atoms with van der Waals surface area (Å²) < 4.78 is 22.9. The van der Waals surface area contributed by atoms with Crippen molar-refractivity contribution in [3.63, 3.8) is 0 Å². The highest BCUT2D eigenvalue weighted by Gasteiger charge is 2.29. The van der Waals surface area contributed by atoms with Crippen LogP contribution in [0.2, 0.25) is 0 Å². The van der Waals surface area contributed by atoms with Gasteiger partial charge in [-0.2, -0.15) is 0 Å². The largest absolute Gasteiger partial charge is 0.352 e. The van der Waals surface area contributed by atoms with Crippen LogP contribution in [0.4, 0.5) is 5.82 Å². The molecule has 132 valence electrons. The van der Waals surface area contributed by atoms with Crippen molar-refractivity contribution < 1.29 is 13.2 Å². The van der Waals surface area contributed by atoms with Crippen LogP contribution in [0.3, 0.4) is 0 Å². The van der Waals surface area contributed by atoms with Gasteiger partial charge in [-0.1, -0.05) is 6.92 Å². The zero-order chi connectivity index (χ0) is 17.2. The topological polar surface area (TPSA) is 92.3 Å². The molecule has 1 N–H and O–H groups in total. The summed E-state index contributed by atoms with van der Waals surface area (Å²) in [6.07, 6.45) is 8.22. The Labute approximate surface area is 142 Å². The van der Waals surface area contributed by atoms with E-state index in [4.69, 9.17) is 0 Å². The van der Waals surface area contributed by atoms with Crippen molar-refractivity contribution in [1.29, 1.82) is 0 Å². The van der Waals surface area contributed by atoms with Gasteiger partial charge in [-0.25, -0.2) is 18.4 Å². The normalized spacial score (nSPS) is 26.3. The molecule has 0 aliphatic carbocycles. The third-order valence-corrected chi connectivity index (χ3v) is 6.60. The first-order chi connectivity index (χ1) is 11.5. The number of sulfone groups is 1. The molecule has 1 amide bonds. The molecule has 0 aromatic carbocycles. The molecule has 2 fully saturated rings. The van der Waals surface area contributed by atoms with Gasteiger partial charge in [-0.15, -0.1) is 0 Å². The Bertz CT molecular complexity index is 690. The number of carbonyl (C=O) groups is 1. The monoisotopic (exact) mass is 352 g/mol. The van der Waals surface area contributed by atoms with Crippen LogP contribution in [0.1, 0.15) is 49.5 Å². The first-order valence-electron chi connectivity index (χ1n) is 8.58. The summed E-state index contributed by atoms with van der Waals surface area (Å²) in [6, 6.07) is 0.159. The summed E-state index contributed by atoms with van der Waals surface area (Å²) in [6.45, 7) is 3.15. The number of carbonyl (C=O) groups excluding carboxylic acids is 1. The van der Waals surface area contributed by atoms with Gasteiger partial charge in [0.25, 0.3) is 5.91 Å². The number of nitrogens with zero attached hydrogens (tertiary/aromatic N) is 3. The van der Waals surface area contributed by atoms with Gasteiger partial charge < -0.3 is 10.2 Å². The van der Waals surface area contributed by atoms with E-state index in [9.17, 15) is 13.2 Å². The molecular weight excluding hydrogens is 328 g/mol. The van der Waals surface area contributed by atoms with Gasteiger partial charge in [0.05, 0.1) is 23.9 Å². The number of piperidine rings is 1. The highest BCUT2D eigenvalue weighted by Crippen LogP contribution is 2.24. The van der Waals surface area contributed by atoms with E-state index in [1.54, 1.807) is 6.20 Å². The molecule has 0 bridgehead atoms. The number of hydrogen-bond acceptors (Lipinski definition) is 6. The Morgan fingerprint density at radius 1 is 1.29 bits per heavy atom. The van der Waals surface area contributed by atoms with Crippen molar-refractivity contribution in [2.75, 3.05) is 23.0 Å². The molecule has 2 unspecified atom stereocenters. The highest BCUT2D eigenvalue weighted by atomic mass is 32.2. The van der Waals surface area contributed by atoms with Gasteiger partial charge in [0.15, 0.2) is 9.84 Å². The molecule has 8 heteroatoms. The van der Waals surface area contributed by atoms with E-state index in [1.165, 1.54) is 12.6 Å². The molecule has 1 aromatic heterocycles. The van der Waals surface area contributed by atoms with Crippen LogP contribution in [0.15, 0.2) is 12.4 Å². The smallest absolute Gasteiger partial charge is 0.271 e. The van der Waals surface area contributed by atoms with E-state index in [0.717, 1.165) is 31.6 Å². The first-order valence-corrected chi connectivity index (χ1v) is 10.4. The second-order valence-electron chi connectivity index (χ2n) is 6.58. The molecule has 2 saturated heterocycles. The van der Waals surface area contributed by atoms with Gasteiger partial charge >= 0.3 is 0 Å². The van der Waals surface area contributed by atoms with Crippen molar-refractivity contribution in [2.24, 2.45) is 0 Å². The first kappa shape index (κ1) is 17.1. The molecule has 2 aliphatic heterocycles. The Morgan fingerprint density at radius 2 is 2.12 bits per heavy atom. The Morgan fingerprint density at radius 3 is 2.75 bits per heavy atom. The fraction of sp³-hybridized carbons (Fsp3) is 0.688. The maximum atomic E-state index is 12.2.